The van der Waals surface area contributed by atoms with Crippen LogP contribution >= 0.6 is 0 Å². The van der Waals surface area contributed by atoms with Crippen LogP contribution < -0.4 is 0 Å². The van der Waals surface area contributed by atoms with E-state index in [-0.39, 0.29) is 18.4 Å². The molecule has 3 heterocycles. The van der Waals surface area contributed by atoms with Gasteiger partial charge in [0.15, 0.2) is 0 Å². The van der Waals surface area contributed by atoms with Crippen LogP contribution in [0.1, 0.15) is 39.0 Å². The maximum absolute atomic E-state index is 12.7. The number of rotatable bonds is 4. The van der Waals surface area contributed by atoms with Crippen LogP contribution in [0.2, 0.25) is 0 Å². The summed E-state index contributed by atoms with van der Waals surface area (Å²) in [5.41, 5.74) is 0. The Morgan fingerprint density at radius 3 is 2.67 bits per heavy atom. The quantitative estimate of drug-likeness (QED) is 0.767. The smallest absolute Gasteiger partial charge is 0.242 e. The van der Waals surface area contributed by atoms with Crippen LogP contribution in [0.3, 0.4) is 0 Å². The molecule has 2 atom stereocenters. The van der Waals surface area contributed by atoms with E-state index < -0.39 is 0 Å². The van der Waals surface area contributed by atoms with Gasteiger partial charge in [0.05, 0.1) is 19.8 Å². The van der Waals surface area contributed by atoms with E-state index in [9.17, 15) is 9.59 Å². The Labute approximate surface area is 145 Å². The van der Waals surface area contributed by atoms with Crippen molar-refractivity contribution in [2.24, 2.45) is 5.92 Å². The Bertz CT molecular complexity index is 451. The lowest BCUT2D eigenvalue weighted by atomic mass is 9.99. The molecule has 3 fully saturated rings. The van der Waals surface area contributed by atoms with E-state index in [0.29, 0.717) is 18.4 Å². The average molecular weight is 337 g/mol. The number of nitrogens with zero attached hydrogens (tertiary/aromatic N) is 3. The van der Waals surface area contributed by atoms with Crippen molar-refractivity contribution in [3.05, 3.63) is 0 Å². The molecule has 3 aliphatic heterocycles. The zero-order valence-electron chi connectivity index (χ0n) is 14.9. The van der Waals surface area contributed by atoms with Crippen molar-refractivity contribution in [2.45, 2.75) is 45.1 Å². The molecule has 0 aliphatic carbocycles. The minimum Gasteiger partial charge on any atom is -0.379 e. The van der Waals surface area contributed by atoms with E-state index in [1.807, 2.05) is 4.90 Å². The highest BCUT2D eigenvalue weighted by atomic mass is 16.5. The van der Waals surface area contributed by atoms with Crippen LogP contribution in [0, 0.1) is 5.92 Å². The molecular formula is C18H31N3O3. The molecule has 0 unspecified atom stereocenters. The van der Waals surface area contributed by atoms with Crippen molar-refractivity contribution >= 4 is 11.8 Å². The third-order valence-corrected chi connectivity index (χ3v) is 5.80. The average Bonchev–Trinajstić information content (AvgIpc) is 2.95. The largest absolute Gasteiger partial charge is 0.379 e. The molecule has 0 spiro atoms. The summed E-state index contributed by atoms with van der Waals surface area (Å²) < 4.78 is 5.46. The minimum absolute atomic E-state index is 0.124. The van der Waals surface area contributed by atoms with E-state index >= 15 is 0 Å². The minimum atomic E-state index is 0.124. The van der Waals surface area contributed by atoms with Gasteiger partial charge in [0, 0.05) is 45.2 Å². The molecule has 0 saturated carbocycles. The van der Waals surface area contributed by atoms with E-state index in [0.717, 1.165) is 71.6 Å². The fourth-order valence-electron chi connectivity index (χ4n) is 4.25. The van der Waals surface area contributed by atoms with E-state index in [2.05, 4.69) is 11.8 Å². The fourth-order valence-corrected chi connectivity index (χ4v) is 4.25. The summed E-state index contributed by atoms with van der Waals surface area (Å²) >= 11 is 0. The summed E-state index contributed by atoms with van der Waals surface area (Å²) in [7, 11) is 0. The van der Waals surface area contributed by atoms with Gasteiger partial charge in [-0.1, -0.05) is 19.8 Å². The molecule has 3 saturated heterocycles. The van der Waals surface area contributed by atoms with Gasteiger partial charge in [0.1, 0.15) is 0 Å². The summed E-state index contributed by atoms with van der Waals surface area (Å²) in [5.74, 6) is 0.808. The number of morpholine rings is 1. The lowest BCUT2D eigenvalue weighted by Gasteiger charge is -2.34. The SMILES string of the molecule is CC[C@@H]1CN(C(=O)CN2CCCCCC2=O)C[C@@H]1N1CCOCC1. The van der Waals surface area contributed by atoms with E-state index in [4.69, 9.17) is 4.74 Å². The normalized spacial score (nSPS) is 29.8. The lowest BCUT2D eigenvalue weighted by molar-refractivity contribution is -0.139. The topological polar surface area (TPSA) is 53.1 Å². The molecule has 0 radical (unpaired) electrons. The van der Waals surface area contributed by atoms with Crippen molar-refractivity contribution in [2.75, 3.05) is 52.5 Å². The van der Waals surface area contributed by atoms with Gasteiger partial charge >= 0.3 is 0 Å². The number of ether oxygens (including phenoxy) is 1. The number of carbonyl (C=O) groups is 2. The number of carbonyl (C=O) groups excluding carboxylic acids is 2. The first-order valence-corrected chi connectivity index (χ1v) is 9.56. The van der Waals surface area contributed by atoms with E-state index in [1.165, 1.54) is 0 Å². The van der Waals surface area contributed by atoms with Gasteiger partial charge in [0.25, 0.3) is 0 Å². The van der Waals surface area contributed by atoms with Crippen molar-refractivity contribution < 1.29 is 14.3 Å². The first kappa shape index (κ1) is 17.7. The third kappa shape index (κ3) is 4.09. The molecule has 0 N–H and O–H groups in total. The number of hydrogen-bond acceptors (Lipinski definition) is 4. The molecule has 136 valence electrons. The monoisotopic (exact) mass is 337 g/mol. The second kappa shape index (κ2) is 8.30. The Hall–Kier alpha value is -1.14. The first-order chi connectivity index (χ1) is 11.7. The summed E-state index contributed by atoms with van der Waals surface area (Å²) in [6.07, 6.45) is 4.77. The van der Waals surface area contributed by atoms with Crippen LogP contribution in [0.15, 0.2) is 0 Å². The molecule has 0 bridgehead atoms. The first-order valence-electron chi connectivity index (χ1n) is 9.56. The van der Waals surface area contributed by atoms with Crippen molar-refractivity contribution in [1.82, 2.24) is 14.7 Å². The standard InChI is InChI=1S/C18H31N3O3/c1-2-15-12-21(13-16(15)19-8-10-24-11-9-19)18(23)14-20-7-5-3-4-6-17(20)22/h15-16H,2-14H2,1H3/t15-,16+/m1/s1. The zero-order chi connectivity index (χ0) is 16.9. The Morgan fingerprint density at radius 1 is 1.12 bits per heavy atom. The van der Waals surface area contributed by atoms with Gasteiger partial charge < -0.3 is 14.5 Å². The van der Waals surface area contributed by atoms with Gasteiger partial charge in [0.2, 0.25) is 11.8 Å². The second-order valence-electron chi connectivity index (χ2n) is 7.31. The lowest BCUT2D eigenvalue weighted by Crippen LogP contribution is -2.48. The highest BCUT2D eigenvalue weighted by molar-refractivity contribution is 5.85. The van der Waals surface area contributed by atoms with Crippen LogP contribution in [0.4, 0.5) is 0 Å². The Kier molecular flexibility index (Phi) is 6.11. The van der Waals surface area contributed by atoms with Gasteiger partial charge in [-0.15, -0.1) is 0 Å². The van der Waals surface area contributed by atoms with Crippen LogP contribution in [0.25, 0.3) is 0 Å². The van der Waals surface area contributed by atoms with Crippen LogP contribution in [-0.2, 0) is 14.3 Å². The molecule has 0 aromatic carbocycles. The van der Waals surface area contributed by atoms with E-state index in [1.54, 1.807) is 4.90 Å². The molecular weight excluding hydrogens is 306 g/mol. The van der Waals surface area contributed by atoms with Crippen molar-refractivity contribution in [1.29, 1.82) is 0 Å². The van der Waals surface area contributed by atoms with Crippen molar-refractivity contribution in [3.8, 4) is 0 Å². The molecule has 0 aromatic rings. The molecule has 3 rings (SSSR count). The molecule has 6 nitrogen and oxygen atoms in total. The second-order valence-corrected chi connectivity index (χ2v) is 7.31. The van der Waals surface area contributed by atoms with Gasteiger partial charge in [-0.25, -0.2) is 0 Å². The number of likely N-dealkylation sites (tertiary alicyclic amines) is 2. The maximum atomic E-state index is 12.7. The molecule has 3 aliphatic rings. The van der Waals surface area contributed by atoms with Crippen molar-refractivity contribution in [3.63, 3.8) is 0 Å². The summed E-state index contributed by atoms with van der Waals surface area (Å²) in [6.45, 7) is 8.38. The highest BCUT2D eigenvalue weighted by Gasteiger charge is 2.38. The molecule has 24 heavy (non-hydrogen) atoms. The summed E-state index contributed by atoms with van der Waals surface area (Å²) in [4.78, 5) is 31.1. The number of hydrogen-bond donors (Lipinski definition) is 0. The van der Waals surface area contributed by atoms with Crippen LogP contribution in [0.5, 0.6) is 0 Å². The Balaban J connectivity index is 1.57. The number of amides is 2. The van der Waals surface area contributed by atoms with Gasteiger partial charge in [-0.2, -0.15) is 0 Å². The van der Waals surface area contributed by atoms with Crippen LogP contribution in [-0.4, -0.2) is 85.0 Å². The predicted molar refractivity (Wildman–Crippen MR) is 91.6 cm³/mol. The maximum Gasteiger partial charge on any atom is 0.242 e. The summed E-state index contributed by atoms with van der Waals surface area (Å²) in [5, 5.41) is 0. The highest BCUT2D eigenvalue weighted by Crippen LogP contribution is 2.26. The molecule has 0 aromatic heterocycles. The predicted octanol–water partition coefficient (Wildman–Crippen LogP) is 0.958. The fraction of sp³-hybridized carbons (Fsp3) is 0.889. The van der Waals surface area contributed by atoms with Gasteiger partial charge in [-0.3, -0.25) is 14.5 Å². The zero-order valence-corrected chi connectivity index (χ0v) is 14.9. The Morgan fingerprint density at radius 2 is 1.92 bits per heavy atom. The molecule has 6 heteroatoms. The van der Waals surface area contributed by atoms with Gasteiger partial charge in [-0.05, 0) is 18.8 Å². The molecule has 2 amide bonds. The summed E-state index contributed by atoms with van der Waals surface area (Å²) in [6, 6.07) is 0.447. The third-order valence-electron chi connectivity index (χ3n) is 5.80.